The second kappa shape index (κ2) is 12.5. The first kappa shape index (κ1) is 23.2. The maximum atomic E-state index is 12.4. The van der Waals surface area contributed by atoms with Gasteiger partial charge >= 0.3 is 6.61 Å². The summed E-state index contributed by atoms with van der Waals surface area (Å²) >= 11 is 0. The van der Waals surface area contributed by atoms with E-state index in [0.717, 1.165) is 24.8 Å². The number of carbonyl (C=O) groups is 2. The summed E-state index contributed by atoms with van der Waals surface area (Å²) in [6, 6.07) is 12.0. The van der Waals surface area contributed by atoms with Gasteiger partial charge in [-0.3, -0.25) is 9.59 Å². The first-order valence-corrected chi connectivity index (χ1v) is 9.26. The van der Waals surface area contributed by atoms with Gasteiger partial charge in [0, 0.05) is 11.1 Å². The van der Waals surface area contributed by atoms with Crippen LogP contribution in [-0.2, 0) is 6.42 Å². The molecule has 0 heterocycles. The van der Waals surface area contributed by atoms with Crippen LogP contribution in [0.25, 0.3) is 0 Å². The van der Waals surface area contributed by atoms with Crippen LogP contribution in [-0.4, -0.2) is 18.2 Å². The van der Waals surface area contributed by atoms with Gasteiger partial charge in [-0.25, -0.2) is 0 Å². The topological polar surface area (TPSA) is 43.4 Å². The maximum absolute atomic E-state index is 12.4. The summed E-state index contributed by atoms with van der Waals surface area (Å²) in [6.07, 6.45) is 5.67. The zero-order valence-electron chi connectivity index (χ0n) is 16.3. The van der Waals surface area contributed by atoms with Crippen molar-refractivity contribution in [3.63, 3.8) is 0 Å². The van der Waals surface area contributed by atoms with Crippen molar-refractivity contribution in [2.24, 2.45) is 0 Å². The molecule has 2 rings (SSSR count). The summed E-state index contributed by atoms with van der Waals surface area (Å²) in [5, 5.41) is 0. The van der Waals surface area contributed by atoms with Gasteiger partial charge in [0.1, 0.15) is 5.75 Å². The van der Waals surface area contributed by atoms with Crippen LogP contribution in [0, 0.1) is 0 Å². The summed E-state index contributed by atoms with van der Waals surface area (Å²) in [5.74, 6) is -1.39. The van der Waals surface area contributed by atoms with E-state index in [4.69, 9.17) is 0 Å². The number of ether oxygens (including phenoxy) is 1. The fourth-order valence-corrected chi connectivity index (χ4v) is 2.37. The van der Waals surface area contributed by atoms with E-state index in [0.29, 0.717) is 5.56 Å². The number of Topliss-reactive ketones (excluding diaryl/α,β-unsaturated/α-hetero) is 2. The Kier molecular flexibility index (Phi) is 10.4. The Hall–Kier alpha value is -2.82. The van der Waals surface area contributed by atoms with Gasteiger partial charge in [0.15, 0.2) is 0 Å². The number of ketones is 2. The predicted molar refractivity (Wildman–Crippen MR) is 107 cm³/mol. The molecule has 0 aromatic heterocycles. The monoisotopic (exact) mass is 388 g/mol. The number of halogens is 2. The van der Waals surface area contributed by atoms with Gasteiger partial charge < -0.3 is 4.74 Å². The molecule has 0 radical (unpaired) electrons. The lowest BCUT2D eigenvalue weighted by Crippen LogP contribution is -2.14. The zero-order valence-corrected chi connectivity index (χ0v) is 16.3. The van der Waals surface area contributed by atoms with Crippen LogP contribution in [0.3, 0.4) is 0 Å². The van der Waals surface area contributed by atoms with Crippen LogP contribution in [0.15, 0.2) is 61.2 Å². The smallest absolute Gasteiger partial charge is 0.387 e. The molecule has 0 saturated carbocycles. The quantitative estimate of drug-likeness (QED) is 0.220. The molecule has 0 spiro atoms. The Bertz CT molecular complexity index is 768. The molecule has 150 valence electrons. The van der Waals surface area contributed by atoms with Crippen LogP contribution in [0.1, 0.15) is 59.4 Å². The van der Waals surface area contributed by atoms with Crippen molar-refractivity contribution >= 4 is 11.6 Å². The van der Waals surface area contributed by atoms with E-state index in [9.17, 15) is 18.4 Å². The number of unbranched alkanes of at least 4 members (excludes halogenated alkanes) is 1. The second-order valence-corrected chi connectivity index (χ2v) is 6.15. The number of rotatable bonds is 9. The number of alkyl halides is 2. The zero-order chi connectivity index (χ0) is 20.9. The number of carbonyl (C=O) groups excluding carboxylic acids is 2. The predicted octanol–water partition coefficient (Wildman–Crippen LogP) is 6.28. The summed E-state index contributed by atoms with van der Waals surface area (Å²) in [6.45, 7) is 4.98. The number of hydrogen-bond donors (Lipinski definition) is 0. The highest BCUT2D eigenvalue weighted by molar-refractivity contribution is 6.49. The van der Waals surface area contributed by atoms with Crippen molar-refractivity contribution in [3.05, 3.63) is 77.9 Å². The number of aryl methyl sites for hydroxylation is 1. The molecule has 28 heavy (non-hydrogen) atoms. The normalized spacial score (nSPS) is 10.0. The third-order valence-corrected chi connectivity index (χ3v) is 3.61. The first-order chi connectivity index (χ1) is 13.4. The Labute approximate surface area is 165 Å². The Morgan fingerprint density at radius 3 is 2.21 bits per heavy atom. The van der Waals surface area contributed by atoms with E-state index in [-0.39, 0.29) is 11.3 Å². The van der Waals surface area contributed by atoms with Crippen LogP contribution < -0.4 is 4.74 Å². The van der Waals surface area contributed by atoms with E-state index in [2.05, 4.69) is 25.2 Å². The van der Waals surface area contributed by atoms with Crippen molar-refractivity contribution < 1.29 is 23.1 Å². The highest BCUT2D eigenvalue weighted by Crippen LogP contribution is 2.17. The average molecular weight is 388 g/mol. The lowest BCUT2D eigenvalue weighted by molar-refractivity contribution is -0.0498. The minimum absolute atomic E-state index is 0.0665. The van der Waals surface area contributed by atoms with Crippen LogP contribution in [0.4, 0.5) is 8.78 Å². The SMILES string of the molecule is C=CCCCc1cccc(C(=O)C(=O)c2ccc(OC(F)F)cc2)c1.CCC. The molecule has 0 unspecified atom stereocenters. The molecule has 0 atom stereocenters. The van der Waals surface area contributed by atoms with Gasteiger partial charge in [0.25, 0.3) is 0 Å². The van der Waals surface area contributed by atoms with Gasteiger partial charge in [-0.15, -0.1) is 6.58 Å². The van der Waals surface area contributed by atoms with Gasteiger partial charge in [0.2, 0.25) is 11.6 Å². The van der Waals surface area contributed by atoms with E-state index < -0.39 is 18.2 Å². The van der Waals surface area contributed by atoms with Gasteiger partial charge in [-0.2, -0.15) is 8.78 Å². The molecule has 2 aromatic carbocycles. The lowest BCUT2D eigenvalue weighted by atomic mass is 9.98. The van der Waals surface area contributed by atoms with Crippen LogP contribution >= 0.6 is 0 Å². The summed E-state index contributed by atoms with van der Waals surface area (Å²) in [7, 11) is 0. The molecule has 0 amide bonds. The molecule has 3 nitrogen and oxygen atoms in total. The van der Waals surface area contributed by atoms with Crippen molar-refractivity contribution in [2.75, 3.05) is 0 Å². The molecule has 0 N–H and O–H groups in total. The second-order valence-electron chi connectivity index (χ2n) is 6.15. The van der Waals surface area contributed by atoms with E-state index in [1.807, 2.05) is 12.1 Å². The highest BCUT2D eigenvalue weighted by Gasteiger charge is 2.19. The Morgan fingerprint density at radius 2 is 1.64 bits per heavy atom. The van der Waals surface area contributed by atoms with Gasteiger partial charge in [-0.1, -0.05) is 44.5 Å². The number of benzene rings is 2. The molecule has 0 aliphatic rings. The highest BCUT2D eigenvalue weighted by atomic mass is 19.3. The molecular formula is C23H26F2O3. The molecular weight excluding hydrogens is 362 g/mol. The molecule has 5 heteroatoms. The maximum Gasteiger partial charge on any atom is 0.387 e. The minimum Gasteiger partial charge on any atom is -0.435 e. The fraction of sp³-hybridized carbons (Fsp3) is 0.304. The van der Waals surface area contributed by atoms with Crippen molar-refractivity contribution in [3.8, 4) is 5.75 Å². The summed E-state index contributed by atoms with van der Waals surface area (Å²) < 4.78 is 28.5. The molecule has 2 aromatic rings. The van der Waals surface area contributed by atoms with Crippen molar-refractivity contribution in [1.82, 2.24) is 0 Å². The lowest BCUT2D eigenvalue weighted by Gasteiger charge is -2.06. The molecule has 0 aliphatic carbocycles. The molecule has 0 aliphatic heterocycles. The molecule has 0 bridgehead atoms. The van der Waals surface area contributed by atoms with Crippen molar-refractivity contribution in [1.29, 1.82) is 0 Å². The Balaban J connectivity index is 0.00000122. The average Bonchev–Trinajstić information content (AvgIpc) is 2.68. The van der Waals surface area contributed by atoms with E-state index >= 15 is 0 Å². The summed E-state index contributed by atoms with van der Waals surface area (Å²) in [5.41, 5.74) is 1.42. The van der Waals surface area contributed by atoms with Gasteiger partial charge in [-0.05, 0) is 55.2 Å². The van der Waals surface area contributed by atoms with E-state index in [1.54, 1.807) is 18.2 Å². The van der Waals surface area contributed by atoms with Gasteiger partial charge in [0.05, 0.1) is 0 Å². The largest absolute Gasteiger partial charge is 0.435 e. The third kappa shape index (κ3) is 7.82. The van der Waals surface area contributed by atoms with Crippen LogP contribution in [0.5, 0.6) is 5.75 Å². The Morgan fingerprint density at radius 1 is 1.04 bits per heavy atom. The number of hydrogen-bond acceptors (Lipinski definition) is 3. The third-order valence-electron chi connectivity index (χ3n) is 3.61. The van der Waals surface area contributed by atoms with E-state index in [1.165, 1.54) is 30.7 Å². The van der Waals surface area contributed by atoms with Crippen LogP contribution in [0.2, 0.25) is 0 Å². The minimum atomic E-state index is -2.94. The standard InChI is InChI=1S/C20H18F2O3.C3H8/c1-2-3-4-6-14-7-5-8-16(13-14)19(24)18(23)15-9-11-17(12-10-15)25-20(21)22;1-3-2/h2,5,7-13,20H,1,3-4,6H2;3H2,1-2H3. The van der Waals surface area contributed by atoms with Crippen molar-refractivity contribution in [2.45, 2.75) is 46.1 Å². The molecule has 0 fully saturated rings. The molecule has 0 saturated heterocycles. The number of allylic oxidation sites excluding steroid dienone is 1. The first-order valence-electron chi connectivity index (χ1n) is 9.26. The fourth-order valence-electron chi connectivity index (χ4n) is 2.37. The summed E-state index contributed by atoms with van der Waals surface area (Å²) in [4.78, 5) is 24.7.